The van der Waals surface area contributed by atoms with Crippen molar-refractivity contribution >= 4 is 0 Å². The highest BCUT2D eigenvalue weighted by Gasteiger charge is 2.07. The number of nitrogens with one attached hydrogen (secondary N) is 1. The number of halogens is 1. The Morgan fingerprint density at radius 1 is 1.29 bits per heavy atom. The van der Waals surface area contributed by atoms with Gasteiger partial charge in [-0.2, -0.15) is 5.10 Å². The first-order chi connectivity index (χ1) is 10.1. The van der Waals surface area contributed by atoms with Crippen molar-refractivity contribution in [2.75, 3.05) is 6.54 Å². The Hall–Kier alpha value is -2.01. The van der Waals surface area contributed by atoms with Crippen LogP contribution in [-0.4, -0.2) is 16.3 Å². The lowest BCUT2D eigenvalue weighted by Crippen LogP contribution is -2.25. The van der Waals surface area contributed by atoms with Gasteiger partial charge in [-0.1, -0.05) is 13.3 Å². The molecule has 1 aromatic heterocycles. The van der Waals surface area contributed by atoms with E-state index in [1.54, 1.807) is 22.9 Å². The molecule has 0 aliphatic heterocycles. The van der Waals surface area contributed by atoms with E-state index < -0.39 is 0 Å². The van der Waals surface area contributed by atoms with Crippen molar-refractivity contribution in [2.24, 2.45) is 0 Å². The fourth-order valence-corrected chi connectivity index (χ4v) is 2.06. The second-order valence-corrected chi connectivity index (χ2v) is 5.02. The van der Waals surface area contributed by atoms with Crippen LogP contribution in [0.15, 0.2) is 35.1 Å². The topological polar surface area (TPSA) is 46.9 Å². The number of hydrogen-bond acceptors (Lipinski definition) is 3. The summed E-state index contributed by atoms with van der Waals surface area (Å²) in [5.74, 6) is -0.293. The Labute approximate surface area is 123 Å². The maximum absolute atomic E-state index is 13.0. The van der Waals surface area contributed by atoms with Gasteiger partial charge in [0.15, 0.2) is 0 Å². The van der Waals surface area contributed by atoms with Crippen molar-refractivity contribution in [1.29, 1.82) is 0 Å². The highest BCUT2D eigenvalue weighted by Crippen LogP contribution is 2.09. The Morgan fingerprint density at radius 3 is 2.67 bits per heavy atom. The van der Waals surface area contributed by atoms with Gasteiger partial charge in [0, 0.05) is 18.3 Å². The summed E-state index contributed by atoms with van der Waals surface area (Å²) >= 11 is 0. The molecule has 2 rings (SSSR count). The molecule has 5 heteroatoms. The summed E-state index contributed by atoms with van der Waals surface area (Å²) in [5.41, 5.74) is 1.86. The molecule has 0 aliphatic carbocycles. The van der Waals surface area contributed by atoms with Gasteiger partial charge in [-0.3, -0.25) is 4.79 Å². The molecule has 0 bridgehead atoms. The quantitative estimate of drug-likeness (QED) is 0.831. The molecule has 0 fully saturated rings. The first-order valence-corrected chi connectivity index (χ1v) is 7.18. The number of hydrogen-bond donors (Lipinski definition) is 1. The van der Waals surface area contributed by atoms with Crippen molar-refractivity contribution < 1.29 is 4.39 Å². The van der Waals surface area contributed by atoms with Gasteiger partial charge < -0.3 is 5.32 Å². The van der Waals surface area contributed by atoms with Crippen molar-refractivity contribution in [2.45, 2.75) is 33.2 Å². The van der Waals surface area contributed by atoms with Crippen LogP contribution >= 0.6 is 0 Å². The molecule has 112 valence electrons. The minimum absolute atomic E-state index is 0.0742. The Kier molecular flexibility index (Phi) is 5.22. The van der Waals surface area contributed by atoms with Gasteiger partial charge >= 0.3 is 0 Å². The normalized spacial score (nSPS) is 10.8. The van der Waals surface area contributed by atoms with E-state index in [9.17, 15) is 9.18 Å². The molecule has 0 atom stereocenters. The smallest absolute Gasteiger partial charge is 0.204 e. The molecule has 0 radical (unpaired) electrons. The molecule has 0 saturated carbocycles. The highest BCUT2D eigenvalue weighted by molar-refractivity contribution is 5.32. The van der Waals surface area contributed by atoms with E-state index in [1.165, 1.54) is 12.1 Å². The van der Waals surface area contributed by atoms with Gasteiger partial charge in [-0.05, 0) is 44.2 Å². The average molecular weight is 289 g/mol. The molecule has 4 nitrogen and oxygen atoms in total. The zero-order chi connectivity index (χ0) is 15.2. The predicted molar refractivity (Wildman–Crippen MR) is 81.1 cm³/mol. The molecule has 2 aromatic rings. The third kappa shape index (κ3) is 3.98. The number of benzene rings is 1. The van der Waals surface area contributed by atoms with E-state index in [0.29, 0.717) is 12.2 Å². The first kappa shape index (κ1) is 15.4. The Bertz CT molecular complexity index is 650. The van der Waals surface area contributed by atoms with Gasteiger partial charge in [0.05, 0.1) is 5.69 Å². The molecular weight excluding hydrogens is 269 g/mol. The monoisotopic (exact) mass is 289 g/mol. The van der Waals surface area contributed by atoms with Crippen LogP contribution in [0.5, 0.6) is 0 Å². The first-order valence-electron chi connectivity index (χ1n) is 7.18. The number of unbranched alkanes of at least 4 members (excludes halogenated alkanes) is 1. The lowest BCUT2D eigenvalue weighted by molar-refractivity contribution is 0.613. The molecule has 1 N–H and O–H groups in total. The Morgan fingerprint density at radius 2 is 2.00 bits per heavy atom. The number of rotatable bonds is 6. The summed E-state index contributed by atoms with van der Waals surface area (Å²) in [6, 6.07) is 7.62. The summed E-state index contributed by atoms with van der Waals surface area (Å²) in [6.45, 7) is 5.24. The van der Waals surface area contributed by atoms with E-state index >= 15 is 0 Å². The summed E-state index contributed by atoms with van der Waals surface area (Å²) in [6.07, 6.45) is 2.17. The van der Waals surface area contributed by atoms with E-state index in [2.05, 4.69) is 17.3 Å². The number of aryl methyl sites for hydroxylation is 1. The van der Waals surface area contributed by atoms with Gasteiger partial charge in [-0.15, -0.1) is 0 Å². The van der Waals surface area contributed by atoms with Crippen LogP contribution in [0.2, 0.25) is 0 Å². The SMILES string of the molecule is CCCCNCc1nn(-c2ccc(F)cc2)c(C)cc1=O. The zero-order valence-corrected chi connectivity index (χ0v) is 12.4. The summed E-state index contributed by atoms with van der Waals surface area (Å²) in [4.78, 5) is 12.0. The molecule has 0 unspecified atom stereocenters. The third-order valence-electron chi connectivity index (χ3n) is 3.25. The van der Waals surface area contributed by atoms with Crippen molar-refractivity contribution in [1.82, 2.24) is 15.1 Å². The molecule has 1 heterocycles. The van der Waals surface area contributed by atoms with Crippen LogP contribution in [0.3, 0.4) is 0 Å². The van der Waals surface area contributed by atoms with Crippen LogP contribution in [-0.2, 0) is 6.54 Å². The number of aromatic nitrogens is 2. The zero-order valence-electron chi connectivity index (χ0n) is 12.4. The molecule has 0 aliphatic rings. The second kappa shape index (κ2) is 7.13. The lowest BCUT2D eigenvalue weighted by Gasteiger charge is -2.11. The van der Waals surface area contributed by atoms with Crippen LogP contribution in [0, 0.1) is 12.7 Å². The van der Waals surface area contributed by atoms with Crippen LogP contribution in [0.4, 0.5) is 4.39 Å². The van der Waals surface area contributed by atoms with Gasteiger partial charge in [0.2, 0.25) is 5.43 Å². The average Bonchev–Trinajstić information content (AvgIpc) is 2.47. The van der Waals surface area contributed by atoms with Gasteiger partial charge in [0.25, 0.3) is 0 Å². The van der Waals surface area contributed by atoms with Crippen LogP contribution < -0.4 is 10.7 Å². The van der Waals surface area contributed by atoms with E-state index in [1.807, 2.05) is 6.92 Å². The Balaban J connectivity index is 2.25. The number of nitrogens with zero attached hydrogens (tertiary/aromatic N) is 2. The lowest BCUT2D eigenvalue weighted by atomic mass is 10.2. The molecule has 0 spiro atoms. The van der Waals surface area contributed by atoms with E-state index in [-0.39, 0.29) is 11.2 Å². The van der Waals surface area contributed by atoms with Gasteiger partial charge in [-0.25, -0.2) is 9.07 Å². The summed E-state index contributed by atoms with van der Waals surface area (Å²) < 4.78 is 14.7. The third-order valence-corrected chi connectivity index (χ3v) is 3.25. The highest BCUT2D eigenvalue weighted by atomic mass is 19.1. The second-order valence-electron chi connectivity index (χ2n) is 5.02. The fraction of sp³-hybridized carbons (Fsp3) is 0.375. The molecule has 1 aromatic carbocycles. The van der Waals surface area contributed by atoms with Crippen LogP contribution in [0.1, 0.15) is 31.2 Å². The van der Waals surface area contributed by atoms with Gasteiger partial charge in [0.1, 0.15) is 11.5 Å². The maximum Gasteiger partial charge on any atom is 0.204 e. The standard InChI is InChI=1S/C16H20FN3O/c1-3-4-9-18-11-15-16(21)10-12(2)20(19-15)14-7-5-13(17)6-8-14/h5-8,10,18H,3-4,9,11H2,1-2H3. The van der Waals surface area contributed by atoms with E-state index in [0.717, 1.165) is 30.8 Å². The molecule has 0 saturated heterocycles. The van der Waals surface area contributed by atoms with Crippen LogP contribution in [0.25, 0.3) is 5.69 Å². The largest absolute Gasteiger partial charge is 0.311 e. The minimum Gasteiger partial charge on any atom is -0.311 e. The molecular formula is C16H20FN3O. The fourth-order valence-electron chi connectivity index (χ4n) is 2.06. The van der Waals surface area contributed by atoms with Crippen molar-refractivity contribution in [3.8, 4) is 5.69 Å². The van der Waals surface area contributed by atoms with E-state index in [4.69, 9.17) is 0 Å². The summed E-state index contributed by atoms with van der Waals surface area (Å²) in [5, 5.41) is 7.60. The predicted octanol–water partition coefficient (Wildman–Crippen LogP) is 2.57. The van der Waals surface area contributed by atoms with Crippen molar-refractivity contribution in [3.63, 3.8) is 0 Å². The molecule has 21 heavy (non-hydrogen) atoms. The maximum atomic E-state index is 13.0. The minimum atomic E-state index is -0.293. The van der Waals surface area contributed by atoms with Crippen molar-refractivity contribution in [3.05, 3.63) is 57.8 Å². The summed E-state index contributed by atoms with van der Waals surface area (Å²) in [7, 11) is 0. The molecule has 0 amide bonds.